The van der Waals surface area contributed by atoms with Gasteiger partial charge in [0.05, 0.1) is 6.54 Å². The fourth-order valence-corrected chi connectivity index (χ4v) is 3.01. The standard InChI is InChI=1S/C15H24N2O3S/c1-4-12-7-9-21-13(12)10-16-15(20)17(11(2)3)8-5-6-14(18)19/h7,9,11H,4-6,8,10H2,1-3H3,(H,16,20)(H,18,19). The zero-order valence-electron chi connectivity index (χ0n) is 12.9. The van der Waals surface area contributed by atoms with Crippen molar-refractivity contribution < 1.29 is 14.7 Å². The number of carbonyl (C=O) groups is 2. The number of urea groups is 1. The van der Waals surface area contributed by atoms with E-state index >= 15 is 0 Å². The van der Waals surface area contributed by atoms with Gasteiger partial charge in [-0.1, -0.05) is 6.92 Å². The van der Waals surface area contributed by atoms with Crippen molar-refractivity contribution in [3.05, 3.63) is 21.9 Å². The number of carboxylic acids is 1. The molecule has 0 aromatic carbocycles. The Labute approximate surface area is 130 Å². The number of nitrogens with zero attached hydrogens (tertiary/aromatic N) is 1. The molecule has 0 atom stereocenters. The lowest BCUT2D eigenvalue weighted by molar-refractivity contribution is -0.137. The van der Waals surface area contributed by atoms with Crippen molar-refractivity contribution in [2.75, 3.05) is 6.54 Å². The van der Waals surface area contributed by atoms with E-state index in [0.717, 1.165) is 6.42 Å². The summed E-state index contributed by atoms with van der Waals surface area (Å²) < 4.78 is 0. The van der Waals surface area contributed by atoms with Gasteiger partial charge in [-0.2, -0.15) is 0 Å². The second-order valence-corrected chi connectivity index (χ2v) is 6.17. The van der Waals surface area contributed by atoms with Crippen molar-refractivity contribution >= 4 is 23.3 Å². The van der Waals surface area contributed by atoms with Crippen LogP contribution in [0.25, 0.3) is 0 Å². The zero-order chi connectivity index (χ0) is 15.8. The summed E-state index contributed by atoms with van der Waals surface area (Å²) >= 11 is 1.65. The van der Waals surface area contributed by atoms with Crippen LogP contribution in [0.3, 0.4) is 0 Å². The highest BCUT2D eigenvalue weighted by atomic mass is 32.1. The lowest BCUT2D eigenvalue weighted by Crippen LogP contribution is -2.44. The van der Waals surface area contributed by atoms with Gasteiger partial charge in [0.15, 0.2) is 0 Å². The molecule has 1 aromatic heterocycles. The molecular weight excluding hydrogens is 288 g/mol. The number of thiophene rings is 1. The van der Waals surface area contributed by atoms with E-state index in [4.69, 9.17) is 5.11 Å². The fourth-order valence-electron chi connectivity index (χ4n) is 2.09. The third-order valence-corrected chi connectivity index (χ3v) is 4.26. The predicted octanol–water partition coefficient (Wildman–Crippen LogP) is 3.10. The molecule has 2 amide bonds. The van der Waals surface area contributed by atoms with Gasteiger partial charge in [-0.05, 0) is 43.7 Å². The minimum Gasteiger partial charge on any atom is -0.481 e. The van der Waals surface area contributed by atoms with Gasteiger partial charge < -0.3 is 15.3 Å². The molecule has 1 rings (SSSR count). The first kappa shape index (κ1) is 17.5. The largest absolute Gasteiger partial charge is 0.481 e. The Morgan fingerprint density at radius 1 is 1.43 bits per heavy atom. The van der Waals surface area contributed by atoms with E-state index < -0.39 is 5.97 Å². The Bertz CT molecular complexity index is 471. The molecule has 2 N–H and O–H groups in total. The molecule has 0 saturated heterocycles. The molecule has 0 saturated carbocycles. The van der Waals surface area contributed by atoms with Gasteiger partial charge in [0.1, 0.15) is 0 Å². The molecule has 0 radical (unpaired) electrons. The van der Waals surface area contributed by atoms with Crippen LogP contribution in [0.2, 0.25) is 0 Å². The van der Waals surface area contributed by atoms with Gasteiger partial charge >= 0.3 is 12.0 Å². The van der Waals surface area contributed by atoms with Crippen molar-refractivity contribution in [3.63, 3.8) is 0 Å². The van der Waals surface area contributed by atoms with E-state index in [9.17, 15) is 9.59 Å². The number of rotatable bonds is 8. The first-order valence-electron chi connectivity index (χ1n) is 7.27. The maximum atomic E-state index is 12.2. The molecule has 21 heavy (non-hydrogen) atoms. The molecule has 0 aliphatic rings. The first-order chi connectivity index (χ1) is 9.95. The average Bonchev–Trinajstić information content (AvgIpc) is 2.87. The third-order valence-electron chi connectivity index (χ3n) is 3.29. The van der Waals surface area contributed by atoms with E-state index in [1.807, 2.05) is 19.2 Å². The molecular formula is C15H24N2O3S. The Kier molecular flexibility index (Phi) is 7.22. The number of hydrogen-bond donors (Lipinski definition) is 2. The second-order valence-electron chi connectivity index (χ2n) is 5.17. The van der Waals surface area contributed by atoms with Gasteiger partial charge in [-0.15, -0.1) is 11.3 Å². The summed E-state index contributed by atoms with van der Waals surface area (Å²) in [5, 5.41) is 13.6. The Morgan fingerprint density at radius 3 is 2.71 bits per heavy atom. The van der Waals surface area contributed by atoms with Crippen LogP contribution in [-0.2, 0) is 17.8 Å². The molecule has 6 heteroatoms. The van der Waals surface area contributed by atoms with Gasteiger partial charge in [-0.25, -0.2) is 4.79 Å². The van der Waals surface area contributed by atoms with E-state index in [2.05, 4.69) is 18.3 Å². The monoisotopic (exact) mass is 312 g/mol. The number of hydrogen-bond acceptors (Lipinski definition) is 3. The summed E-state index contributed by atoms with van der Waals surface area (Å²) in [6, 6.07) is 2.00. The van der Waals surface area contributed by atoms with Crippen molar-refractivity contribution in [3.8, 4) is 0 Å². The Morgan fingerprint density at radius 2 is 2.14 bits per heavy atom. The Hall–Kier alpha value is -1.56. The van der Waals surface area contributed by atoms with Crippen molar-refractivity contribution in [1.82, 2.24) is 10.2 Å². The average molecular weight is 312 g/mol. The quantitative estimate of drug-likeness (QED) is 0.775. The Balaban J connectivity index is 2.51. The summed E-state index contributed by atoms with van der Waals surface area (Å²) in [5.74, 6) is -0.828. The van der Waals surface area contributed by atoms with Crippen LogP contribution < -0.4 is 5.32 Å². The van der Waals surface area contributed by atoms with E-state index in [0.29, 0.717) is 19.5 Å². The molecule has 0 aliphatic heterocycles. The maximum absolute atomic E-state index is 12.2. The molecule has 0 bridgehead atoms. The van der Waals surface area contributed by atoms with Crippen molar-refractivity contribution in [2.24, 2.45) is 0 Å². The third kappa shape index (κ3) is 5.75. The molecule has 0 spiro atoms. The lowest BCUT2D eigenvalue weighted by atomic mass is 10.2. The maximum Gasteiger partial charge on any atom is 0.317 e. The van der Waals surface area contributed by atoms with Crippen molar-refractivity contribution in [1.29, 1.82) is 0 Å². The lowest BCUT2D eigenvalue weighted by Gasteiger charge is -2.26. The number of carbonyl (C=O) groups excluding carboxylic acids is 1. The molecule has 0 fully saturated rings. The summed E-state index contributed by atoms with van der Waals surface area (Å²) in [6.07, 6.45) is 1.52. The summed E-state index contributed by atoms with van der Waals surface area (Å²) in [7, 11) is 0. The molecule has 5 nitrogen and oxygen atoms in total. The number of nitrogens with one attached hydrogen (secondary N) is 1. The summed E-state index contributed by atoms with van der Waals surface area (Å²) in [6.45, 7) is 6.95. The van der Waals surface area contributed by atoms with E-state index in [1.165, 1.54) is 10.4 Å². The highest BCUT2D eigenvalue weighted by Gasteiger charge is 2.17. The second kappa shape index (κ2) is 8.67. The number of carboxylic acid groups (broad SMARTS) is 1. The van der Waals surface area contributed by atoms with Gasteiger partial charge in [-0.3, -0.25) is 4.79 Å². The number of aryl methyl sites for hydroxylation is 1. The first-order valence-corrected chi connectivity index (χ1v) is 8.15. The van der Waals surface area contributed by atoms with E-state index in [-0.39, 0.29) is 18.5 Å². The normalized spacial score (nSPS) is 10.7. The summed E-state index contributed by atoms with van der Waals surface area (Å²) in [5.41, 5.74) is 1.27. The smallest absolute Gasteiger partial charge is 0.317 e. The number of aliphatic carboxylic acids is 1. The van der Waals surface area contributed by atoms with Crippen LogP contribution in [0.4, 0.5) is 4.79 Å². The van der Waals surface area contributed by atoms with Gasteiger partial charge in [0.2, 0.25) is 0 Å². The van der Waals surface area contributed by atoms with Crippen LogP contribution in [0.1, 0.15) is 44.1 Å². The highest BCUT2D eigenvalue weighted by Crippen LogP contribution is 2.17. The predicted molar refractivity (Wildman–Crippen MR) is 84.6 cm³/mol. The highest BCUT2D eigenvalue weighted by molar-refractivity contribution is 7.10. The van der Waals surface area contributed by atoms with Crippen LogP contribution in [0.15, 0.2) is 11.4 Å². The topological polar surface area (TPSA) is 69.6 Å². The molecule has 0 unspecified atom stereocenters. The van der Waals surface area contributed by atoms with Gasteiger partial charge in [0, 0.05) is 23.9 Å². The molecule has 1 aromatic rings. The molecule has 118 valence electrons. The van der Waals surface area contributed by atoms with E-state index in [1.54, 1.807) is 16.2 Å². The summed E-state index contributed by atoms with van der Waals surface area (Å²) in [4.78, 5) is 25.6. The molecule has 1 heterocycles. The van der Waals surface area contributed by atoms with Crippen LogP contribution >= 0.6 is 11.3 Å². The van der Waals surface area contributed by atoms with Crippen LogP contribution in [-0.4, -0.2) is 34.6 Å². The minimum atomic E-state index is -0.828. The SMILES string of the molecule is CCc1ccsc1CNC(=O)N(CCCC(=O)O)C(C)C. The number of amides is 2. The van der Waals surface area contributed by atoms with Crippen molar-refractivity contribution in [2.45, 2.75) is 52.6 Å². The van der Waals surface area contributed by atoms with Crippen LogP contribution in [0.5, 0.6) is 0 Å². The van der Waals surface area contributed by atoms with Crippen LogP contribution in [0, 0.1) is 0 Å². The zero-order valence-corrected chi connectivity index (χ0v) is 13.7. The minimum absolute atomic E-state index is 0.0489. The van der Waals surface area contributed by atoms with Gasteiger partial charge in [0.25, 0.3) is 0 Å². The molecule has 0 aliphatic carbocycles. The fraction of sp³-hybridized carbons (Fsp3) is 0.600.